The molecule has 0 aliphatic carbocycles. The predicted octanol–water partition coefficient (Wildman–Crippen LogP) is 4.75. The van der Waals surface area contributed by atoms with Gasteiger partial charge < -0.3 is 20.6 Å². The average Bonchev–Trinajstić information content (AvgIpc) is 3.18. The van der Waals surface area contributed by atoms with Gasteiger partial charge in [0.25, 0.3) is 0 Å². The zero-order valence-electron chi connectivity index (χ0n) is 17.3. The third-order valence-corrected chi connectivity index (χ3v) is 5.56. The number of halogens is 1. The summed E-state index contributed by atoms with van der Waals surface area (Å²) in [5, 5.41) is 11.9. The minimum Gasteiger partial charge on any atom is -0.486 e. The summed E-state index contributed by atoms with van der Waals surface area (Å²) in [7, 11) is 0. The van der Waals surface area contributed by atoms with Crippen LogP contribution in [-0.4, -0.2) is 26.5 Å². The van der Waals surface area contributed by atoms with E-state index >= 15 is 0 Å². The number of ether oxygens (including phenoxy) is 2. The second-order valence-electron chi connectivity index (χ2n) is 6.79. The Hall–Kier alpha value is -3.69. The number of carbonyl (C=O) groups is 1. The summed E-state index contributed by atoms with van der Waals surface area (Å²) in [5.41, 5.74) is 0.660. The van der Waals surface area contributed by atoms with Crippen molar-refractivity contribution in [2.45, 2.75) is 11.8 Å². The van der Waals surface area contributed by atoms with Gasteiger partial charge in [0.15, 0.2) is 5.82 Å². The van der Waals surface area contributed by atoms with Crippen LogP contribution in [0.2, 0.25) is 5.02 Å². The van der Waals surface area contributed by atoms with Crippen LogP contribution in [0.1, 0.15) is 5.82 Å². The van der Waals surface area contributed by atoms with E-state index in [2.05, 4.69) is 15.5 Å². The maximum Gasteiger partial charge on any atom is 0.234 e. The number of nitrogens with one attached hydrogen (secondary N) is 1. The van der Waals surface area contributed by atoms with Crippen LogP contribution >= 0.6 is 23.4 Å². The number of hydrogen-bond acceptors (Lipinski definition) is 7. The highest BCUT2D eigenvalue weighted by molar-refractivity contribution is 7.99. The molecule has 0 spiro atoms. The number of aromatic nitrogens is 3. The van der Waals surface area contributed by atoms with E-state index < -0.39 is 0 Å². The normalized spacial score (nSPS) is 10.6. The van der Waals surface area contributed by atoms with Crippen LogP contribution in [0.3, 0.4) is 0 Å². The molecule has 0 fully saturated rings. The number of hydrogen-bond donors (Lipinski definition) is 2. The Balaban J connectivity index is 1.25. The van der Waals surface area contributed by atoms with Gasteiger partial charge in [-0.3, -0.25) is 4.79 Å². The molecule has 1 heterocycles. The Morgan fingerprint density at radius 3 is 2.33 bits per heavy atom. The molecule has 0 atom stereocenters. The Morgan fingerprint density at radius 1 is 0.939 bits per heavy atom. The van der Waals surface area contributed by atoms with Gasteiger partial charge in [-0.1, -0.05) is 41.6 Å². The molecule has 1 amide bonds. The molecule has 168 valence electrons. The molecule has 8 nitrogen and oxygen atoms in total. The van der Waals surface area contributed by atoms with Crippen LogP contribution in [0.5, 0.6) is 17.2 Å². The second-order valence-corrected chi connectivity index (χ2v) is 8.17. The number of benzene rings is 3. The Bertz CT molecular complexity index is 1200. The van der Waals surface area contributed by atoms with Crippen LogP contribution in [-0.2, 0) is 11.4 Å². The summed E-state index contributed by atoms with van der Waals surface area (Å²) in [6, 6.07) is 23.6. The number of nitrogen functional groups attached to an aromatic ring is 1. The van der Waals surface area contributed by atoms with Crippen molar-refractivity contribution in [3.8, 4) is 17.2 Å². The molecule has 4 aromatic rings. The van der Waals surface area contributed by atoms with Crippen LogP contribution in [0.25, 0.3) is 0 Å². The van der Waals surface area contributed by atoms with E-state index in [0.717, 1.165) is 5.75 Å². The summed E-state index contributed by atoms with van der Waals surface area (Å²) >= 11 is 7.04. The Kier molecular flexibility index (Phi) is 7.33. The molecule has 4 rings (SSSR count). The highest BCUT2D eigenvalue weighted by Gasteiger charge is 2.13. The number of para-hydroxylation sites is 1. The van der Waals surface area contributed by atoms with Gasteiger partial charge in [0.1, 0.15) is 23.9 Å². The maximum absolute atomic E-state index is 12.3. The SMILES string of the molecule is Nn1c(COc2ccc(Cl)cc2)nnc1SCC(=O)Nc1ccc(Oc2ccccc2)cc1. The summed E-state index contributed by atoms with van der Waals surface area (Å²) in [6.07, 6.45) is 0. The lowest BCUT2D eigenvalue weighted by molar-refractivity contribution is -0.113. The highest BCUT2D eigenvalue weighted by atomic mass is 35.5. The Morgan fingerprint density at radius 2 is 1.61 bits per heavy atom. The number of amides is 1. The monoisotopic (exact) mass is 481 g/mol. The third-order valence-electron chi connectivity index (χ3n) is 4.37. The number of nitrogens with zero attached hydrogens (tertiary/aromatic N) is 3. The Labute approximate surface area is 199 Å². The van der Waals surface area contributed by atoms with Gasteiger partial charge in [0.2, 0.25) is 11.1 Å². The lowest BCUT2D eigenvalue weighted by Gasteiger charge is -2.08. The van der Waals surface area contributed by atoms with E-state index in [1.54, 1.807) is 48.5 Å². The topological polar surface area (TPSA) is 104 Å². The number of thioether (sulfide) groups is 1. The molecule has 0 saturated heterocycles. The number of anilines is 1. The summed E-state index contributed by atoms with van der Waals surface area (Å²) < 4.78 is 12.7. The van der Waals surface area contributed by atoms with E-state index in [1.807, 2.05) is 30.3 Å². The largest absolute Gasteiger partial charge is 0.486 e. The summed E-state index contributed by atoms with van der Waals surface area (Å²) in [4.78, 5) is 12.3. The molecule has 0 aliphatic heterocycles. The van der Waals surface area contributed by atoms with E-state index in [1.165, 1.54) is 16.4 Å². The fraction of sp³-hybridized carbons (Fsp3) is 0.0870. The van der Waals surface area contributed by atoms with Crippen LogP contribution in [0.4, 0.5) is 5.69 Å². The fourth-order valence-electron chi connectivity index (χ4n) is 2.74. The van der Waals surface area contributed by atoms with Crippen LogP contribution in [0.15, 0.2) is 84.0 Å². The highest BCUT2D eigenvalue weighted by Crippen LogP contribution is 2.23. The van der Waals surface area contributed by atoms with Crippen molar-refractivity contribution in [2.75, 3.05) is 16.9 Å². The molecule has 1 aromatic heterocycles. The summed E-state index contributed by atoms with van der Waals surface area (Å²) in [5.74, 6) is 8.45. The number of nitrogens with two attached hydrogens (primary N) is 1. The molecular weight excluding hydrogens is 462 g/mol. The van der Waals surface area contributed by atoms with Crippen molar-refractivity contribution < 1.29 is 14.3 Å². The van der Waals surface area contributed by atoms with Crippen molar-refractivity contribution in [2.24, 2.45) is 0 Å². The van der Waals surface area contributed by atoms with E-state index in [0.29, 0.717) is 33.2 Å². The molecule has 3 aromatic carbocycles. The standard InChI is InChI=1S/C23H20ClN5O3S/c24-16-6-10-18(11-7-16)31-14-21-27-28-23(29(21)25)33-15-22(30)26-17-8-12-20(13-9-17)32-19-4-2-1-3-5-19/h1-13H,14-15,25H2,(H,26,30). The minimum atomic E-state index is -0.196. The van der Waals surface area contributed by atoms with Crippen molar-refractivity contribution in [3.63, 3.8) is 0 Å². The molecular formula is C23H20ClN5O3S. The fourth-order valence-corrected chi connectivity index (χ4v) is 3.54. The zero-order valence-corrected chi connectivity index (χ0v) is 18.9. The molecule has 0 unspecified atom stereocenters. The third kappa shape index (κ3) is 6.41. The first kappa shape index (κ1) is 22.5. The molecule has 10 heteroatoms. The van der Waals surface area contributed by atoms with Crippen molar-refractivity contribution >= 4 is 35.0 Å². The van der Waals surface area contributed by atoms with Gasteiger partial charge in [0.05, 0.1) is 5.75 Å². The second kappa shape index (κ2) is 10.8. The van der Waals surface area contributed by atoms with Crippen molar-refractivity contribution in [1.82, 2.24) is 14.9 Å². The van der Waals surface area contributed by atoms with Gasteiger partial charge in [-0.25, -0.2) is 4.68 Å². The number of rotatable bonds is 9. The van der Waals surface area contributed by atoms with E-state index in [9.17, 15) is 4.79 Å². The number of carbonyl (C=O) groups excluding carboxylic acids is 1. The quantitative estimate of drug-likeness (QED) is 0.262. The molecule has 0 radical (unpaired) electrons. The van der Waals surface area contributed by atoms with Crippen LogP contribution < -0.4 is 20.6 Å². The van der Waals surface area contributed by atoms with Gasteiger partial charge >= 0.3 is 0 Å². The van der Waals surface area contributed by atoms with Gasteiger partial charge in [-0.2, -0.15) is 0 Å². The molecule has 33 heavy (non-hydrogen) atoms. The van der Waals surface area contributed by atoms with E-state index in [-0.39, 0.29) is 18.3 Å². The van der Waals surface area contributed by atoms with E-state index in [4.69, 9.17) is 26.9 Å². The summed E-state index contributed by atoms with van der Waals surface area (Å²) in [6.45, 7) is 0.134. The molecule has 0 saturated carbocycles. The van der Waals surface area contributed by atoms with Gasteiger partial charge in [-0.15, -0.1) is 10.2 Å². The maximum atomic E-state index is 12.3. The molecule has 3 N–H and O–H groups in total. The van der Waals surface area contributed by atoms with Gasteiger partial charge in [0, 0.05) is 10.7 Å². The smallest absolute Gasteiger partial charge is 0.234 e. The molecule has 0 bridgehead atoms. The predicted molar refractivity (Wildman–Crippen MR) is 128 cm³/mol. The minimum absolute atomic E-state index is 0.121. The van der Waals surface area contributed by atoms with Crippen molar-refractivity contribution in [3.05, 3.63) is 89.7 Å². The zero-order chi connectivity index (χ0) is 23.0. The van der Waals surface area contributed by atoms with Crippen molar-refractivity contribution in [1.29, 1.82) is 0 Å². The average molecular weight is 482 g/mol. The first-order chi connectivity index (χ1) is 16.1. The molecule has 0 aliphatic rings. The van der Waals surface area contributed by atoms with Gasteiger partial charge in [-0.05, 0) is 60.7 Å². The first-order valence-electron chi connectivity index (χ1n) is 9.90. The lowest BCUT2D eigenvalue weighted by Crippen LogP contribution is -2.18. The first-order valence-corrected chi connectivity index (χ1v) is 11.3. The lowest BCUT2D eigenvalue weighted by atomic mass is 10.3. The van der Waals surface area contributed by atoms with Crippen LogP contribution in [0, 0.1) is 0 Å².